The molecular formula is C13H17ClN2O. The molecule has 0 saturated heterocycles. The second kappa shape index (κ2) is 5.52. The van der Waals surface area contributed by atoms with Crippen LogP contribution < -0.4 is 0 Å². The van der Waals surface area contributed by atoms with E-state index >= 15 is 0 Å². The number of halogens is 1. The molecule has 0 aromatic carbocycles. The third-order valence-electron chi connectivity index (χ3n) is 2.98. The number of nitrogens with one attached hydrogen (secondary N) is 1. The molecule has 1 aliphatic rings. The summed E-state index contributed by atoms with van der Waals surface area (Å²) < 4.78 is 0. The largest absolute Gasteiger partial charge is 0.380 e. The predicted octanol–water partition coefficient (Wildman–Crippen LogP) is 3.11. The van der Waals surface area contributed by atoms with Crippen LogP contribution in [0.1, 0.15) is 38.1 Å². The standard InChI is InChI=1S/C13H17ClN2O/c1-2-4-9-10(5-3-6-11(9)14)12(17)13-15-7-8-16-13/h3,5,7-8,11-12,17H,2,4,6H2,1H3,(H,15,16). The van der Waals surface area contributed by atoms with Gasteiger partial charge in [0.25, 0.3) is 0 Å². The number of H-pyrrole nitrogens is 1. The first-order valence-electron chi connectivity index (χ1n) is 5.95. The SMILES string of the molecule is CCCC1=C(C(O)c2ncc[nH]2)C=CCC1Cl. The summed E-state index contributed by atoms with van der Waals surface area (Å²) >= 11 is 6.31. The maximum absolute atomic E-state index is 10.3. The van der Waals surface area contributed by atoms with E-state index in [1.165, 1.54) is 0 Å². The van der Waals surface area contributed by atoms with Crippen molar-refractivity contribution in [2.24, 2.45) is 0 Å². The molecule has 2 atom stereocenters. The lowest BCUT2D eigenvalue weighted by atomic mass is 9.90. The number of rotatable bonds is 4. The molecule has 0 amide bonds. The van der Waals surface area contributed by atoms with Crippen LogP contribution in [0.25, 0.3) is 0 Å². The average Bonchev–Trinajstić information content (AvgIpc) is 2.85. The van der Waals surface area contributed by atoms with Crippen LogP contribution in [-0.4, -0.2) is 20.5 Å². The number of aliphatic hydroxyl groups is 1. The number of imidazole rings is 1. The zero-order chi connectivity index (χ0) is 12.3. The molecule has 2 rings (SSSR count). The molecule has 1 heterocycles. The molecule has 2 N–H and O–H groups in total. The van der Waals surface area contributed by atoms with Crippen LogP contribution in [0.4, 0.5) is 0 Å². The third kappa shape index (κ3) is 2.61. The van der Waals surface area contributed by atoms with Crippen molar-refractivity contribution < 1.29 is 5.11 Å². The number of aliphatic hydroxyl groups excluding tert-OH is 1. The van der Waals surface area contributed by atoms with Crippen LogP contribution in [0.3, 0.4) is 0 Å². The van der Waals surface area contributed by atoms with Crippen molar-refractivity contribution in [2.75, 3.05) is 0 Å². The fraction of sp³-hybridized carbons (Fsp3) is 0.462. The van der Waals surface area contributed by atoms with Gasteiger partial charge in [-0.2, -0.15) is 0 Å². The normalized spacial score (nSPS) is 21.9. The Morgan fingerprint density at radius 2 is 2.47 bits per heavy atom. The Morgan fingerprint density at radius 3 is 3.12 bits per heavy atom. The molecule has 92 valence electrons. The number of allylic oxidation sites excluding steroid dienone is 2. The molecule has 2 unspecified atom stereocenters. The van der Waals surface area contributed by atoms with E-state index < -0.39 is 6.10 Å². The van der Waals surface area contributed by atoms with E-state index in [4.69, 9.17) is 11.6 Å². The van der Waals surface area contributed by atoms with Gasteiger partial charge in [-0.05, 0) is 24.0 Å². The van der Waals surface area contributed by atoms with E-state index in [1.54, 1.807) is 12.4 Å². The lowest BCUT2D eigenvalue weighted by molar-refractivity contribution is 0.208. The highest BCUT2D eigenvalue weighted by molar-refractivity contribution is 6.22. The van der Waals surface area contributed by atoms with Gasteiger partial charge in [-0.15, -0.1) is 11.6 Å². The summed E-state index contributed by atoms with van der Waals surface area (Å²) in [6.45, 7) is 2.12. The lowest BCUT2D eigenvalue weighted by Crippen LogP contribution is -2.14. The van der Waals surface area contributed by atoms with Crippen molar-refractivity contribution in [1.29, 1.82) is 0 Å². The highest BCUT2D eigenvalue weighted by Gasteiger charge is 2.23. The number of aromatic amines is 1. The maximum atomic E-state index is 10.3. The van der Waals surface area contributed by atoms with Gasteiger partial charge in [0.2, 0.25) is 0 Å². The first-order chi connectivity index (χ1) is 8.24. The van der Waals surface area contributed by atoms with E-state index in [2.05, 4.69) is 16.9 Å². The highest BCUT2D eigenvalue weighted by Crippen LogP contribution is 2.33. The zero-order valence-corrected chi connectivity index (χ0v) is 10.6. The van der Waals surface area contributed by atoms with Gasteiger partial charge in [-0.25, -0.2) is 4.98 Å². The van der Waals surface area contributed by atoms with Crippen LogP contribution in [0, 0.1) is 0 Å². The second-order valence-corrected chi connectivity index (χ2v) is 4.74. The van der Waals surface area contributed by atoms with Crippen LogP contribution >= 0.6 is 11.6 Å². The van der Waals surface area contributed by atoms with Gasteiger partial charge in [0, 0.05) is 12.4 Å². The lowest BCUT2D eigenvalue weighted by Gasteiger charge is -2.23. The first-order valence-corrected chi connectivity index (χ1v) is 6.38. The second-order valence-electron chi connectivity index (χ2n) is 4.21. The summed E-state index contributed by atoms with van der Waals surface area (Å²) in [7, 11) is 0. The summed E-state index contributed by atoms with van der Waals surface area (Å²) in [5, 5.41) is 10.3. The maximum Gasteiger partial charge on any atom is 0.139 e. The topological polar surface area (TPSA) is 48.9 Å². The van der Waals surface area contributed by atoms with Crippen LogP contribution in [-0.2, 0) is 0 Å². The Labute approximate surface area is 106 Å². The summed E-state index contributed by atoms with van der Waals surface area (Å²) in [5.41, 5.74) is 2.04. The average molecular weight is 253 g/mol. The van der Waals surface area contributed by atoms with Crippen molar-refractivity contribution >= 4 is 11.6 Å². The smallest absolute Gasteiger partial charge is 0.139 e. The number of alkyl halides is 1. The van der Waals surface area contributed by atoms with Gasteiger partial charge in [-0.1, -0.05) is 25.5 Å². The van der Waals surface area contributed by atoms with Gasteiger partial charge in [0.1, 0.15) is 11.9 Å². The van der Waals surface area contributed by atoms with Crippen LogP contribution in [0.5, 0.6) is 0 Å². The van der Waals surface area contributed by atoms with Crippen molar-refractivity contribution in [2.45, 2.75) is 37.7 Å². The first kappa shape index (κ1) is 12.4. The van der Waals surface area contributed by atoms with Gasteiger partial charge in [0.15, 0.2) is 0 Å². The number of hydrogen-bond donors (Lipinski definition) is 2. The highest BCUT2D eigenvalue weighted by atomic mass is 35.5. The minimum absolute atomic E-state index is 0.000405. The van der Waals surface area contributed by atoms with Crippen molar-refractivity contribution in [3.8, 4) is 0 Å². The molecular weight excluding hydrogens is 236 g/mol. The van der Waals surface area contributed by atoms with E-state index in [-0.39, 0.29) is 5.38 Å². The summed E-state index contributed by atoms with van der Waals surface area (Å²) in [6.07, 6.45) is 9.42. The molecule has 1 aromatic rings. The van der Waals surface area contributed by atoms with Gasteiger partial charge in [-0.3, -0.25) is 0 Å². The number of nitrogens with zero attached hydrogens (tertiary/aromatic N) is 1. The quantitative estimate of drug-likeness (QED) is 0.809. The molecule has 3 nitrogen and oxygen atoms in total. The Morgan fingerprint density at radius 1 is 1.65 bits per heavy atom. The fourth-order valence-electron chi connectivity index (χ4n) is 2.16. The number of hydrogen-bond acceptors (Lipinski definition) is 2. The molecule has 0 radical (unpaired) electrons. The fourth-order valence-corrected chi connectivity index (χ4v) is 2.49. The van der Waals surface area contributed by atoms with Crippen LogP contribution in [0.15, 0.2) is 35.7 Å². The minimum atomic E-state index is -0.704. The Kier molecular flexibility index (Phi) is 4.02. The van der Waals surface area contributed by atoms with E-state index in [1.807, 2.05) is 12.2 Å². The van der Waals surface area contributed by atoms with Crippen molar-refractivity contribution in [3.05, 3.63) is 41.5 Å². The summed E-state index contributed by atoms with van der Waals surface area (Å²) in [4.78, 5) is 7.03. The van der Waals surface area contributed by atoms with E-state index in [0.717, 1.165) is 30.4 Å². The Balaban J connectivity index is 2.32. The number of aromatic nitrogens is 2. The van der Waals surface area contributed by atoms with Gasteiger partial charge >= 0.3 is 0 Å². The predicted molar refractivity (Wildman–Crippen MR) is 68.9 cm³/mol. The summed E-state index contributed by atoms with van der Waals surface area (Å²) in [5.74, 6) is 0.573. The van der Waals surface area contributed by atoms with Crippen LogP contribution in [0.2, 0.25) is 0 Å². The third-order valence-corrected chi connectivity index (χ3v) is 3.42. The summed E-state index contributed by atoms with van der Waals surface area (Å²) in [6, 6.07) is 0. The minimum Gasteiger partial charge on any atom is -0.380 e. The molecule has 0 fully saturated rings. The van der Waals surface area contributed by atoms with E-state index in [0.29, 0.717) is 5.82 Å². The molecule has 1 aliphatic carbocycles. The molecule has 4 heteroatoms. The van der Waals surface area contributed by atoms with Crippen molar-refractivity contribution in [1.82, 2.24) is 9.97 Å². The molecule has 0 aliphatic heterocycles. The molecule has 1 aromatic heterocycles. The molecule has 0 saturated carbocycles. The molecule has 17 heavy (non-hydrogen) atoms. The molecule has 0 bridgehead atoms. The Hall–Kier alpha value is -1.06. The molecule has 0 spiro atoms. The monoisotopic (exact) mass is 252 g/mol. The van der Waals surface area contributed by atoms with E-state index in [9.17, 15) is 5.11 Å². The zero-order valence-electron chi connectivity index (χ0n) is 9.86. The van der Waals surface area contributed by atoms with Gasteiger partial charge in [0.05, 0.1) is 5.38 Å². The Bertz CT molecular complexity index is 423. The van der Waals surface area contributed by atoms with Crippen molar-refractivity contribution in [3.63, 3.8) is 0 Å². The van der Waals surface area contributed by atoms with Gasteiger partial charge < -0.3 is 10.1 Å².